The number of amides is 2. The van der Waals surface area contributed by atoms with Crippen LogP contribution in [0.5, 0.6) is 0 Å². The first kappa shape index (κ1) is 17.5. The lowest BCUT2D eigenvalue weighted by atomic mass is 10.1. The molecule has 0 saturated carbocycles. The minimum absolute atomic E-state index is 0.0203. The summed E-state index contributed by atoms with van der Waals surface area (Å²) in [6, 6.07) is 7.35. The Hall–Kier alpha value is -1.88. The average Bonchev–Trinajstić information content (AvgIpc) is 2.72. The highest BCUT2D eigenvalue weighted by Gasteiger charge is 2.30. The molecule has 5 nitrogen and oxygen atoms in total. The van der Waals surface area contributed by atoms with E-state index in [0.717, 1.165) is 30.5 Å². The summed E-state index contributed by atoms with van der Waals surface area (Å²) >= 11 is 0. The number of hydrogen-bond donors (Lipinski definition) is 1. The van der Waals surface area contributed by atoms with Gasteiger partial charge in [-0.1, -0.05) is 18.2 Å². The largest absolute Gasteiger partial charge is 0.382 e. The first-order chi connectivity index (χ1) is 11.1. The van der Waals surface area contributed by atoms with E-state index in [2.05, 4.69) is 5.32 Å². The molecule has 5 heteroatoms. The molecule has 1 aromatic rings. The Kier molecular flexibility index (Phi) is 6.59. The van der Waals surface area contributed by atoms with Gasteiger partial charge in [0.25, 0.3) is 0 Å². The smallest absolute Gasteiger partial charge is 0.242 e. The van der Waals surface area contributed by atoms with E-state index in [0.29, 0.717) is 26.2 Å². The van der Waals surface area contributed by atoms with Crippen molar-refractivity contribution in [2.24, 2.45) is 0 Å². The second kappa shape index (κ2) is 8.67. The van der Waals surface area contributed by atoms with Gasteiger partial charge in [0.15, 0.2) is 0 Å². The van der Waals surface area contributed by atoms with Crippen molar-refractivity contribution in [3.63, 3.8) is 0 Å². The normalized spacial score (nSPS) is 15.7. The van der Waals surface area contributed by atoms with Crippen LogP contribution in [0.4, 0.5) is 5.69 Å². The first-order valence-electron chi connectivity index (χ1n) is 8.40. The van der Waals surface area contributed by atoms with Crippen molar-refractivity contribution in [1.82, 2.24) is 5.32 Å². The molecular formula is C18H26N2O3. The van der Waals surface area contributed by atoms with Crippen molar-refractivity contribution < 1.29 is 14.3 Å². The number of benzene rings is 1. The highest BCUT2D eigenvalue weighted by molar-refractivity contribution is 6.01. The molecule has 2 rings (SSSR count). The molecule has 0 saturated heterocycles. The number of nitrogens with one attached hydrogen (secondary N) is 1. The van der Waals surface area contributed by atoms with Crippen molar-refractivity contribution in [2.75, 3.05) is 24.7 Å². The molecule has 1 aliphatic rings. The van der Waals surface area contributed by atoms with Gasteiger partial charge in [-0.3, -0.25) is 14.5 Å². The lowest BCUT2D eigenvalue weighted by Crippen LogP contribution is -2.48. The first-order valence-corrected chi connectivity index (χ1v) is 8.40. The number of aryl methyl sites for hydroxylation is 1. The standard InChI is InChI=1S/C18H26N2O3/c1-3-23-13-7-12-19-18(22)14(2)20-16-10-5-4-8-15(16)9-6-11-17(20)21/h4-5,8,10,14H,3,6-7,9,11-13H2,1-2H3,(H,19,22)/t14-/m0/s1. The van der Waals surface area contributed by atoms with Crippen LogP contribution in [-0.2, 0) is 20.7 Å². The molecule has 2 amide bonds. The van der Waals surface area contributed by atoms with Gasteiger partial charge < -0.3 is 10.1 Å². The summed E-state index contributed by atoms with van der Waals surface area (Å²) in [5, 5.41) is 2.90. The Morgan fingerprint density at radius 2 is 2.13 bits per heavy atom. The van der Waals surface area contributed by atoms with Gasteiger partial charge in [-0.05, 0) is 44.7 Å². The third-order valence-electron chi connectivity index (χ3n) is 4.09. The second-order valence-electron chi connectivity index (χ2n) is 5.76. The van der Waals surface area contributed by atoms with Gasteiger partial charge in [0.1, 0.15) is 6.04 Å². The van der Waals surface area contributed by atoms with E-state index in [4.69, 9.17) is 4.74 Å². The molecule has 0 aliphatic carbocycles. The van der Waals surface area contributed by atoms with E-state index in [-0.39, 0.29) is 11.8 Å². The molecule has 1 aromatic carbocycles. The molecule has 0 aromatic heterocycles. The Balaban J connectivity index is 2.03. The Labute approximate surface area is 138 Å². The van der Waals surface area contributed by atoms with Crippen LogP contribution in [0.3, 0.4) is 0 Å². The van der Waals surface area contributed by atoms with Gasteiger partial charge >= 0.3 is 0 Å². The van der Waals surface area contributed by atoms with Crippen molar-refractivity contribution in [3.8, 4) is 0 Å². The predicted octanol–water partition coefficient (Wildman–Crippen LogP) is 2.29. The van der Waals surface area contributed by atoms with Crippen LogP contribution in [0, 0.1) is 0 Å². The molecule has 0 spiro atoms. The van der Waals surface area contributed by atoms with Crippen LogP contribution in [-0.4, -0.2) is 37.6 Å². The third kappa shape index (κ3) is 4.55. The summed E-state index contributed by atoms with van der Waals surface area (Å²) in [4.78, 5) is 26.5. The molecule has 1 aliphatic heterocycles. The number of nitrogens with zero attached hydrogens (tertiary/aromatic N) is 1. The molecular weight excluding hydrogens is 292 g/mol. The van der Waals surface area contributed by atoms with Crippen LogP contribution in [0.15, 0.2) is 24.3 Å². The molecule has 0 radical (unpaired) electrons. The number of ether oxygens (including phenoxy) is 1. The zero-order chi connectivity index (χ0) is 16.7. The van der Waals surface area contributed by atoms with Crippen molar-refractivity contribution in [1.29, 1.82) is 0 Å². The van der Waals surface area contributed by atoms with Crippen LogP contribution >= 0.6 is 0 Å². The Morgan fingerprint density at radius 1 is 1.35 bits per heavy atom. The molecule has 23 heavy (non-hydrogen) atoms. The molecule has 0 fully saturated rings. The number of carbonyl (C=O) groups is 2. The molecule has 1 heterocycles. The maximum atomic E-state index is 12.5. The highest BCUT2D eigenvalue weighted by Crippen LogP contribution is 2.28. The summed E-state index contributed by atoms with van der Waals surface area (Å²) < 4.78 is 5.26. The van der Waals surface area contributed by atoms with E-state index in [1.54, 1.807) is 11.8 Å². The van der Waals surface area contributed by atoms with Crippen molar-refractivity contribution in [3.05, 3.63) is 29.8 Å². The van der Waals surface area contributed by atoms with E-state index in [9.17, 15) is 9.59 Å². The summed E-state index contributed by atoms with van der Waals surface area (Å²) in [5.74, 6) is -0.0986. The minimum atomic E-state index is -0.506. The molecule has 0 bridgehead atoms. The van der Waals surface area contributed by atoms with E-state index in [1.807, 2.05) is 31.2 Å². The molecule has 126 valence electrons. The predicted molar refractivity (Wildman–Crippen MR) is 90.4 cm³/mol. The Morgan fingerprint density at radius 3 is 2.91 bits per heavy atom. The topological polar surface area (TPSA) is 58.6 Å². The van der Waals surface area contributed by atoms with Gasteiger partial charge in [0.05, 0.1) is 0 Å². The van der Waals surface area contributed by atoms with Gasteiger partial charge in [-0.15, -0.1) is 0 Å². The summed E-state index contributed by atoms with van der Waals surface area (Å²) in [5.41, 5.74) is 2.00. The van der Waals surface area contributed by atoms with Gasteiger partial charge in [-0.2, -0.15) is 0 Å². The lowest BCUT2D eigenvalue weighted by Gasteiger charge is -2.28. The fourth-order valence-electron chi connectivity index (χ4n) is 2.86. The maximum absolute atomic E-state index is 12.5. The van der Waals surface area contributed by atoms with Crippen LogP contribution in [0.25, 0.3) is 0 Å². The third-order valence-corrected chi connectivity index (χ3v) is 4.09. The van der Waals surface area contributed by atoms with Crippen LogP contribution < -0.4 is 10.2 Å². The summed E-state index contributed by atoms with van der Waals surface area (Å²) in [6.45, 7) is 5.62. The number of para-hydroxylation sites is 1. The quantitative estimate of drug-likeness (QED) is 0.785. The van der Waals surface area contributed by atoms with E-state index >= 15 is 0 Å². The fraction of sp³-hybridized carbons (Fsp3) is 0.556. The number of fused-ring (bicyclic) bond motifs is 1. The van der Waals surface area contributed by atoms with Gasteiger partial charge in [0.2, 0.25) is 11.8 Å². The van der Waals surface area contributed by atoms with Gasteiger partial charge in [-0.25, -0.2) is 0 Å². The van der Waals surface area contributed by atoms with Crippen LogP contribution in [0.2, 0.25) is 0 Å². The minimum Gasteiger partial charge on any atom is -0.382 e. The van der Waals surface area contributed by atoms with Crippen LogP contribution in [0.1, 0.15) is 38.7 Å². The number of hydrogen-bond acceptors (Lipinski definition) is 3. The number of carbonyl (C=O) groups excluding carboxylic acids is 2. The average molecular weight is 318 g/mol. The molecule has 1 N–H and O–H groups in total. The lowest BCUT2D eigenvalue weighted by molar-refractivity contribution is -0.126. The number of anilines is 1. The zero-order valence-corrected chi connectivity index (χ0v) is 14.0. The monoisotopic (exact) mass is 318 g/mol. The van der Waals surface area contributed by atoms with E-state index < -0.39 is 6.04 Å². The maximum Gasteiger partial charge on any atom is 0.242 e. The molecule has 1 atom stereocenters. The fourth-order valence-corrected chi connectivity index (χ4v) is 2.86. The van der Waals surface area contributed by atoms with Crippen molar-refractivity contribution >= 4 is 17.5 Å². The summed E-state index contributed by atoms with van der Waals surface area (Å²) in [7, 11) is 0. The summed E-state index contributed by atoms with van der Waals surface area (Å²) in [6.07, 6.45) is 2.96. The highest BCUT2D eigenvalue weighted by atomic mass is 16.5. The second-order valence-corrected chi connectivity index (χ2v) is 5.76. The molecule has 0 unspecified atom stereocenters. The number of rotatable bonds is 7. The van der Waals surface area contributed by atoms with E-state index in [1.165, 1.54) is 0 Å². The zero-order valence-electron chi connectivity index (χ0n) is 14.0. The Bertz CT molecular complexity index is 545. The van der Waals surface area contributed by atoms with Crippen molar-refractivity contribution in [2.45, 2.75) is 45.6 Å². The van der Waals surface area contributed by atoms with Gasteiger partial charge in [0, 0.05) is 31.9 Å². The SMILES string of the molecule is CCOCCCNC(=O)[C@H](C)N1C(=O)CCCc2ccccc21.